The van der Waals surface area contributed by atoms with Gasteiger partial charge in [-0.1, -0.05) is 30.3 Å². The lowest BCUT2D eigenvalue weighted by Crippen LogP contribution is -2.14. The van der Waals surface area contributed by atoms with Crippen molar-refractivity contribution in [3.05, 3.63) is 75.8 Å². The van der Waals surface area contributed by atoms with Crippen LogP contribution in [0, 0.1) is 27.7 Å². The van der Waals surface area contributed by atoms with Crippen LogP contribution in [0.3, 0.4) is 0 Å². The SMILES string of the molecule is COc1cc(OCc2ccccc2)cc(C)c1C(=O)Oc1c(C)c(C)c(O)c(O)c1C. The fourth-order valence-electron chi connectivity index (χ4n) is 3.36. The molecule has 0 aliphatic heterocycles. The molecule has 0 amide bonds. The van der Waals surface area contributed by atoms with Crippen LogP contribution in [0.25, 0.3) is 0 Å². The summed E-state index contributed by atoms with van der Waals surface area (Å²) < 4.78 is 16.9. The van der Waals surface area contributed by atoms with E-state index in [0.29, 0.717) is 34.8 Å². The molecule has 0 heterocycles. The van der Waals surface area contributed by atoms with Gasteiger partial charge in [0.2, 0.25) is 0 Å². The summed E-state index contributed by atoms with van der Waals surface area (Å²) in [4.78, 5) is 13.0. The van der Waals surface area contributed by atoms with Gasteiger partial charge in [-0.05, 0) is 50.5 Å². The number of esters is 1. The number of hydrogen-bond donors (Lipinski definition) is 2. The Morgan fingerprint density at radius 3 is 2.19 bits per heavy atom. The zero-order valence-electron chi connectivity index (χ0n) is 18.3. The van der Waals surface area contributed by atoms with Crippen molar-refractivity contribution in [1.82, 2.24) is 0 Å². The zero-order valence-corrected chi connectivity index (χ0v) is 18.3. The van der Waals surface area contributed by atoms with E-state index < -0.39 is 5.97 Å². The predicted molar refractivity (Wildman–Crippen MR) is 117 cm³/mol. The van der Waals surface area contributed by atoms with Gasteiger partial charge in [-0.3, -0.25) is 0 Å². The smallest absolute Gasteiger partial charge is 0.347 e. The molecule has 3 aromatic carbocycles. The van der Waals surface area contributed by atoms with Crippen molar-refractivity contribution in [2.24, 2.45) is 0 Å². The minimum Gasteiger partial charge on any atom is -0.504 e. The molecule has 0 spiro atoms. The van der Waals surface area contributed by atoms with E-state index in [0.717, 1.165) is 5.56 Å². The Hall–Kier alpha value is -3.67. The predicted octanol–water partition coefficient (Wildman–Crippen LogP) is 5.14. The molecule has 0 saturated heterocycles. The fraction of sp³-hybridized carbons (Fsp3) is 0.240. The first kappa shape index (κ1) is 22.0. The van der Waals surface area contributed by atoms with Crippen LogP contribution in [0.2, 0.25) is 0 Å². The molecule has 31 heavy (non-hydrogen) atoms. The van der Waals surface area contributed by atoms with E-state index in [1.165, 1.54) is 7.11 Å². The van der Waals surface area contributed by atoms with Crippen LogP contribution in [-0.2, 0) is 6.61 Å². The average molecular weight is 422 g/mol. The molecule has 6 heteroatoms. The van der Waals surface area contributed by atoms with E-state index in [1.54, 1.807) is 39.8 Å². The Labute approximate surface area is 181 Å². The Morgan fingerprint density at radius 2 is 1.55 bits per heavy atom. The van der Waals surface area contributed by atoms with Crippen LogP contribution in [0.1, 0.15) is 38.2 Å². The fourth-order valence-corrected chi connectivity index (χ4v) is 3.36. The molecule has 2 N–H and O–H groups in total. The molecule has 0 unspecified atom stereocenters. The van der Waals surface area contributed by atoms with E-state index in [4.69, 9.17) is 14.2 Å². The van der Waals surface area contributed by atoms with Gasteiger partial charge < -0.3 is 24.4 Å². The van der Waals surface area contributed by atoms with Gasteiger partial charge in [0, 0.05) is 17.2 Å². The van der Waals surface area contributed by atoms with Crippen molar-refractivity contribution in [3.8, 4) is 28.7 Å². The van der Waals surface area contributed by atoms with Gasteiger partial charge in [-0.15, -0.1) is 0 Å². The van der Waals surface area contributed by atoms with E-state index in [9.17, 15) is 15.0 Å². The number of rotatable bonds is 6. The summed E-state index contributed by atoms with van der Waals surface area (Å²) in [6.07, 6.45) is 0. The van der Waals surface area contributed by atoms with E-state index >= 15 is 0 Å². The number of methoxy groups -OCH3 is 1. The van der Waals surface area contributed by atoms with Gasteiger partial charge >= 0.3 is 5.97 Å². The molecule has 0 aromatic heterocycles. The average Bonchev–Trinajstić information content (AvgIpc) is 2.77. The van der Waals surface area contributed by atoms with Crippen LogP contribution in [0.5, 0.6) is 28.7 Å². The topological polar surface area (TPSA) is 85.2 Å². The molecule has 0 saturated carbocycles. The number of aromatic hydroxyl groups is 2. The van der Waals surface area contributed by atoms with Gasteiger partial charge in [0.25, 0.3) is 0 Å². The van der Waals surface area contributed by atoms with Crippen LogP contribution in [0.4, 0.5) is 0 Å². The van der Waals surface area contributed by atoms with Crippen molar-refractivity contribution >= 4 is 5.97 Å². The zero-order chi connectivity index (χ0) is 22.7. The summed E-state index contributed by atoms with van der Waals surface area (Å²) >= 11 is 0. The molecule has 0 aliphatic carbocycles. The molecule has 6 nitrogen and oxygen atoms in total. The number of carbonyl (C=O) groups is 1. The van der Waals surface area contributed by atoms with Gasteiger partial charge in [-0.2, -0.15) is 0 Å². The highest BCUT2D eigenvalue weighted by Gasteiger charge is 2.24. The summed E-state index contributed by atoms with van der Waals surface area (Å²) in [5.41, 5.74) is 3.21. The number of phenols is 2. The molecule has 0 radical (unpaired) electrons. The number of aryl methyl sites for hydroxylation is 1. The van der Waals surface area contributed by atoms with Crippen molar-refractivity contribution in [2.75, 3.05) is 7.11 Å². The van der Waals surface area contributed by atoms with Crippen LogP contribution < -0.4 is 14.2 Å². The summed E-state index contributed by atoms with van der Waals surface area (Å²) in [6.45, 7) is 7.10. The van der Waals surface area contributed by atoms with Crippen molar-refractivity contribution < 1.29 is 29.2 Å². The first-order chi connectivity index (χ1) is 14.7. The highest BCUT2D eigenvalue weighted by molar-refractivity contribution is 5.96. The lowest BCUT2D eigenvalue weighted by Gasteiger charge is -2.18. The Balaban J connectivity index is 1.90. The van der Waals surface area contributed by atoms with Gasteiger partial charge in [0.1, 0.15) is 29.4 Å². The van der Waals surface area contributed by atoms with Crippen molar-refractivity contribution in [2.45, 2.75) is 34.3 Å². The maximum Gasteiger partial charge on any atom is 0.347 e. The van der Waals surface area contributed by atoms with Gasteiger partial charge in [0.15, 0.2) is 11.5 Å². The standard InChI is InChI=1S/C25H26O6/c1-14-11-19(30-13-18-9-7-6-8-10-18)12-20(29-5)21(14)25(28)31-24-16(3)15(2)22(26)23(27)17(24)4/h6-12,26-27H,13H2,1-5H3. The maximum absolute atomic E-state index is 13.0. The molecular weight excluding hydrogens is 396 g/mol. The van der Waals surface area contributed by atoms with E-state index in [2.05, 4.69) is 0 Å². The number of carbonyl (C=O) groups excluding carboxylic acids is 1. The lowest BCUT2D eigenvalue weighted by molar-refractivity contribution is 0.0727. The van der Waals surface area contributed by atoms with Gasteiger partial charge in [-0.25, -0.2) is 4.79 Å². The Morgan fingerprint density at radius 1 is 0.903 bits per heavy atom. The third-order valence-corrected chi connectivity index (χ3v) is 5.32. The number of ether oxygens (including phenoxy) is 3. The third kappa shape index (κ3) is 4.43. The van der Waals surface area contributed by atoms with Crippen LogP contribution >= 0.6 is 0 Å². The number of phenolic OH excluding ortho intramolecular Hbond substituents is 2. The molecule has 3 rings (SSSR count). The first-order valence-corrected chi connectivity index (χ1v) is 9.83. The maximum atomic E-state index is 13.0. The summed E-state index contributed by atoms with van der Waals surface area (Å²) in [5.74, 6) is -0.0469. The molecule has 0 aliphatic rings. The minimum atomic E-state index is -0.625. The van der Waals surface area contributed by atoms with Crippen molar-refractivity contribution in [3.63, 3.8) is 0 Å². The van der Waals surface area contributed by atoms with Crippen molar-refractivity contribution in [1.29, 1.82) is 0 Å². The van der Waals surface area contributed by atoms with E-state index in [-0.39, 0.29) is 28.4 Å². The van der Waals surface area contributed by atoms with Gasteiger partial charge in [0.05, 0.1) is 7.11 Å². The molecule has 0 fully saturated rings. The quantitative estimate of drug-likeness (QED) is 0.325. The second-order valence-electron chi connectivity index (χ2n) is 7.38. The van der Waals surface area contributed by atoms with E-state index in [1.807, 2.05) is 30.3 Å². The largest absolute Gasteiger partial charge is 0.504 e. The summed E-state index contributed by atoms with van der Waals surface area (Å²) in [5, 5.41) is 20.1. The molecule has 0 bridgehead atoms. The molecule has 3 aromatic rings. The molecular formula is C25H26O6. The lowest BCUT2D eigenvalue weighted by atomic mass is 10.0. The Bertz CT molecular complexity index is 1090. The molecule has 162 valence electrons. The monoisotopic (exact) mass is 422 g/mol. The normalized spacial score (nSPS) is 10.6. The Kier molecular flexibility index (Phi) is 6.39. The molecule has 0 atom stereocenters. The highest BCUT2D eigenvalue weighted by atomic mass is 16.5. The summed E-state index contributed by atoms with van der Waals surface area (Å²) in [7, 11) is 1.47. The van der Waals surface area contributed by atoms with Crippen LogP contribution in [0.15, 0.2) is 42.5 Å². The number of hydrogen-bond acceptors (Lipinski definition) is 6. The van der Waals surface area contributed by atoms with Crippen LogP contribution in [-0.4, -0.2) is 23.3 Å². The second kappa shape index (κ2) is 9.00. The summed E-state index contributed by atoms with van der Waals surface area (Å²) in [6, 6.07) is 13.2. The first-order valence-electron chi connectivity index (χ1n) is 9.83. The minimum absolute atomic E-state index is 0.212. The second-order valence-corrected chi connectivity index (χ2v) is 7.38. The highest BCUT2D eigenvalue weighted by Crippen LogP contribution is 2.42. The third-order valence-electron chi connectivity index (χ3n) is 5.32. The number of benzene rings is 3.